The summed E-state index contributed by atoms with van der Waals surface area (Å²) in [7, 11) is 2.17. The second kappa shape index (κ2) is 7.69. The van der Waals surface area contributed by atoms with Crippen molar-refractivity contribution in [2.45, 2.75) is 0 Å². The van der Waals surface area contributed by atoms with Crippen molar-refractivity contribution in [2.24, 2.45) is 0 Å². The Labute approximate surface area is 185 Å². The highest BCUT2D eigenvalue weighted by Gasteiger charge is 2.17. The van der Waals surface area contributed by atoms with E-state index in [9.17, 15) is 0 Å². The number of likely N-dealkylation sites (N-methyl/N-ethyl adjacent to an activating group) is 1. The lowest BCUT2D eigenvalue weighted by atomic mass is 10.2. The molecule has 7 nitrogen and oxygen atoms in total. The van der Waals surface area contributed by atoms with E-state index in [4.69, 9.17) is 9.72 Å². The average Bonchev–Trinajstić information content (AvgIpc) is 3.43. The Kier molecular flexibility index (Phi) is 4.54. The second-order valence-corrected chi connectivity index (χ2v) is 8.27. The molecule has 7 heteroatoms. The zero-order valence-corrected chi connectivity index (χ0v) is 17.9. The van der Waals surface area contributed by atoms with Crippen LogP contribution in [0.15, 0.2) is 66.7 Å². The van der Waals surface area contributed by atoms with Gasteiger partial charge in [0.25, 0.3) is 0 Å². The predicted octanol–water partition coefficient (Wildman–Crippen LogP) is 4.65. The van der Waals surface area contributed by atoms with Crippen molar-refractivity contribution in [1.29, 1.82) is 0 Å². The number of para-hydroxylation sites is 1. The summed E-state index contributed by atoms with van der Waals surface area (Å²) in [5, 5.41) is 8.62. The summed E-state index contributed by atoms with van der Waals surface area (Å²) in [5.41, 5.74) is 4.91. The van der Waals surface area contributed by atoms with Crippen LogP contribution in [0.4, 0.5) is 5.69 Å². The van der Waals surface area contributed by atoms with Crippen molar-refractivity contribution in [3.05, 3.63) is 66.7 Å². The van der Waals surface area contributed by atoms with Crippen LogP contribution in [-0.2, 0) is 0 Å². The van der Waals surface area contributed by atoms with Crippen LogP contribution in [0.5, 0.6) is 11.5 Å². The fourth-order valence-corrected chi connectivity index (χ4v) is 4.23. The number of hydrogen-bond donors (Lipinski definition) is 2. The number of hydrogen-bond acceptors (Lipinski definition) is 5. The van der Waals surface area contributed by atoms with Crippen LogP contribution < -0.4 is 9.64 Å². The quantitative estimate of drug-likeness (QED) is 0.439. The Morgan fingerprint density at radius 2 is 1.69 bits per heavy atom. The van der Waals surface area contributed by atoms with Gasteiger partial charge < -0.3 is 19.5 Å². The van der Waals surface area contributed by atoms with Crippen molar-refractivity contribution in [2.75, 3.05) is 38.1 Å². The molecule has 0 amide bonds. The lowest BCUT2D eigenvalue weighted by Gasteiger charge is -2.34. The molecule has 1 aliphatic rings. The Morgan fingerprint density at radius 3 is 2.53 bits per heavy atom. The van der Waals surface area contributed by atoms with E-state index >= 15 is 0 Å². The van der Waals surface area contributed by atoms with Gasteiger partial charge in [0.05, 0.1) is 16.6 Å². The molecule has 160 valence electrons. The standard InChI is InChI=1S/C25H24N6O/c1-30-11-13-31(14-12-30)17-7-9-22-23(15-17)27-25(26-22)24-20-16-19(8-10-21(20)28-29-24)32-18-5-3-2-4-6-18/h2-10,15-16H,11-14H2,1H3,(H,26,27)(H,28,29). The molecule has 2 N–H and O–H groups in total. The van der Waals surface area contributed by atoms with Crippen LogP contribution in [0.25, 0.3) is 33.5 Å². The van der Waals surface area contributed by atoms with Crippen LogP contribution in [0.1, 0.15) is 0 Å². The van der Waals surface area contributed by atoms with Crippen molar-refractivity contribution in [1.82, 2.24) is 25.1 Å². The van der Waals surface area contributed by atoms with Gasteiger partial charge in [0.1, 0.15) is 17.2 Å². The van der Waals surface area contributed by atoms with Crippen LogP contribution >= 0.6 is 0 Å². The highest BCUT2D eigenvalue weighted by Crippen LogP contribution is 2.31. The first-order valence-electron chi connectivity index (χ1n) is 10.9. The minimum absolute atomic E-state index is 0.749. The second-order valence-electron chi connectivity index (χ2n) is 8.27. The first-order valence-corrected chi connectivity index (χ1v) is 10.9. The smallest absolute Gasteiger partial charge is 0.159 e. The SMILES string of the molecule is CN1CCN(c2ccc3nc(-c4n[nH]c5ccc(Oc6ccccc6)cc45)[nH]c3c2)CC1. The normalized spacial score (nSPS) is 15.0. The lowest BCUT2D eigenvalue weighted by Crippen LogP contribution is -2.44. The Bertz CT molecular complexity index is 1380. The third kappa shape index (κ3) is 3.46. The maximum Gasteiger partial charge on any atom is 0.159 e. The number of nitrogens with zero attached hydrogens (tertiary/aromatic N) is 4. The molecule has 2 aromatic heterocycles. The summed E-state index contributed by atoms with van der Waals surface area (Å²) in [6, 6.07) is 22.1. The molecule has 1 aliphatic heterocycles. The van der Waals surface area contributed by atoms with Gasteiger partial charge in [-0.3, -0.25) is 5.10 Å². The molecule has 0 bridgehead atoms. The molecule has 0 atom stereocenters. The van der Waals surface area contributed by atoms with E-state index in [1.165, 1.54) is 5.69 Å². The molecule has 0 radical (unpaired) electrons. The van der Waals surface area contributed by atoms with E-state index in [1.54, 1.807) is 0 Å². The van der Waals surface area contributed by atoms with Gasteiger partial charge in [0.2, 0.25) is 0 Å². The molecule has 0 spiro atoms. The number of H-pyrrole nitrogens is 2. The Balaban J connectivity index is 1.34. The van der Waals surface area contributed by atoms with E-state index in [-0.39, 0.29) is 0 Å². The zero-order chi connectivity index (χ0) is 21.5. The molecule has 3 heterocycles. The number of imidazole rings is 1. The molecule has 32 heavy (non-hydrogen) atoms. The molecule has 3 aromatic carbocycles. The largest absolute Gasteiger partial charge is 0.457 e. The number of piperazine rings is 1. The topological polar surface area (TPSA) is 73.1 Å². The maximum atomic E-state index is 6.01. The Morgan fingerprint density at radius 1 is 0.844 bits per heavy atom. The fourth-order valence-electron chi connectivity index (χ4n) is 4.23. The molecule has 5 aromatic rings. The summed E-state index contributed by atoms with van der Waals surface area (Å²) in [5.74, 6) is 2.32. The highest BCUT2D eigenvalue weighted by atomic mass is 16.5. The van der Waals surface area contributed by atoms with Crippen molar-refractivity contribution >= 4 is 27.6 Å². The van der Waals surface area contributed by atoms with Crippen molar-refractivity contribution < 1.29 is 4.74 Å². The summed E-state index contributed by atoms with van der Waals surface area (Å²) < 4.78 is 6.01. The zero-order valence-electron chi connectivity index (χ0n) is 17.9. The van der Waals surface area contributed by atoms with Gasteiger partial charge in [0, 0.05) is 37.3 Å². The number of aromatic nitrogens is 4. The van der Waals surface area contributed by atoms with E-state index < -0.39 is 0 Å². The van der Waals surface area contributed by atoms with Gasteiger partial charge in [-0.25, -0.2) is 4.98 Å². The molecule has 6 rings (SSSR count). The third-order valence-corrected chi connectivity index (χ3v) is 6.07. The monoisotopic (exact) mass is 424 g/mol. The number of nitrogens with one attached hydrogen (secondary N) is 2. The summed E-state index contributed by atoms with van der Waals surface area (Å²) in [6.07, 6.45) is 0. The van der Waals surface area contributed by atoms with E-state index in [2.05, 4.69) is 50.2 Å². The van der Waals surface area contributed by atoms with E-state index in [0.29, 0.717) is 0 Å². The molecule has 1 fully saturated rings. The number of anilines is 1. The average molecular weight is 425 g/mol. The number of aromatic amines is 2. The van der Waals surface area contributed by atoms with Crippen LogP contribution in [-0.4, -0.2) is 58.3 Å². The number of benzene rings is 3. The number of ether oxygens (including phenoxy) is 1. The summed E-state index contributed by atoms with van der Waals surface area (Å²) >= 11 is 0. The molecular formula is C25H24N6O. The molecule has 0 unspecified atom stereocenters. The van der Waals surface area contributed by atoms with Gasteiger partial charge in [0.15, 0.2) is 5.82 Å². The fraction of sp³-hybridized carbons (Fsp3) is 0.200. The van der Waals surface area contributed by atoms with E-state index in [1.807, 2.05) is 48.5 Å². The minimum atomic E-state index is 0.749. The summed E-state index contributed by atoms with van der Waals surface area (Å²) in [6.45, 7) is 4.24. The molecule has 0 saturated carbocycles. The first kappa shape index (κ1) is 18.9. The Hall–Kier alpha value is -3.84. The van der Waals surface area contributed by atoms with Gasteiger partial charge in [-0.05, 0) is 55.6 Å². The lowest BCUT2D eigenvalue weighted by molar-refractivity contribution is 0.313. The van der Waals surface area contributed by atoms with E-state index in [0.717, 1.165) is 71.1 Å². The third-order valence-electron chi connectivity index (χ3n) is 6.07. The van der Waals surface area contributed by atoms with Crippen LogP contribution in [0.3, 0.4) is 0 Å². The molecule has 1 saturated heterocycles. The van der Waals surface area contributed by atoms with Gasteiger partial charge in [-0.2, -0.15) is 5.10 Å². The van der Waals surface area contributed by atoms with Gasteiger partial charge in [-0.15, -0.1) is 0 Å². The highest BCUT2D eigenvalue weighted by molar-refractivity contribution is 5.94. The van der Waals surface area contributed by atoms with Crippen LogP contribution in [0, 0.1) is 0 Å². The maximum absolute atomic E-state index is 6.01. The minimum Gasteiger partial charge on any atom is -0.457 e. The van der Waals surface area contributed by atoms with Crippen molar-refractivity contribution in [3.8, 4) is 23.0 Å². The molecule has 0 aliphatic carbocycles. The summed E-state index contributed by atoms with van der Waals surface area (Å²) in [4.78, 5) is 13.1. The van der Waals surface area contributed by atoms with Gasteiger partial charge >= 0.3 is 0 Å². The molecular weight excluding hydrogens is 400 g/mol. The number of rotatable bonds is 4. The van der Waals surface area contributed by atoms with Crippen molar-refractivity contribution in [3.63, 3.8) is 0 Å². The number of fused-ring (bicyclic) bond motifs is 2. The first-order chi connectivity index (χ1) is 15.7. The van der Waals surface area contributed by atoms with Gasteiger partial charge in [-0.1, -0.05) is 18.2 Å². The predicted molar refractivity (Wildman–Crippen MR) is 127 cm³/mol. The van der Waals surface area contributed by atoms with Crippen LogP contribution in [0.2, 0.25) is 0 Å².